The molecule has 0 radical (unpaired) electrons. The van der Waals surface area contributed by atoms with E-state index in [2.05, 4.69) is 26.0 Å². The zero-order chi connectivity index (χ0) is 34.0. The van der Waals surface area contributed by atoms with E-state index >= 15 is 0 Å². The molecule has 2 unspecified atom stereocenters. The Labute approximate surface area is 309 Å². The molecule has 0 aliphatic heterocycles. The van der Waals surface area contributed by atoms with Crippen LogP contribution in [0.2, 0.25) is 0 Å². The molecule has 0 saturated heterocycles. The zero-order valence-corrected chi connectivity index (χ0v) is 34.0. The molecular weight excluding hydrogens is 605 g/mol. The molecule has 0 aromatic rings. The molecule has 0 saturated carbocycles. The summed E-state index contributed by atoms with van der Waals surface area (Å²) < 4.78 is 31.6. The van der Waals surface area contributed by atoms with Gasteiger partial charge in [-0.05, 0) is 38.5 Å². The topological polar surface area (TPSA) is 118 Å². The van der Waals surface area contributed by atoms with E-state index in [-0.39, 0.29) is 41.5 Å². The Balaban J connectivity index is -0.00000284. The van der Waals surface area contributed by atoms with Gasteiger partial charge in [-0.1, -0.05) is 173 Å². The molecule has 270 valence electrons. The summed E-state index contributed by atoms with van der Waals surface area (Å²) >= 11 is 0. The minimum absolute atomic E-state index is 0. The summed E-state index contributed by atoms with van der Waals surface area (Å²) in [4.78, 5) is 13.1. The normalized spacial score (nSPS) is 13.0. The van der Waals surface area contributed by atoms with Gasteiger partial charge in [-0.2, -0.15) is 22.3 Å². The van der Waals surface area contributed by atoms with Crippen molar-refractivity contribution in [1.82, 2.24) is 0 Å². The fraction of sp³-hybridized carbons (Fsp3) is 0.895. The van der Waals surface area contributed by atoms with Crippen LogP contribution in [0.1, 0.15) is 207 Å². The molecule has 6 nitrogen and oxygen atoms in total. The summed E-state index contributed by atoms with van der Waals surface area (Å²) in [6.07, 6.45) is 41.9. The number of hydrogen-bond acceptors (Lipinski definition) is 4. The number of hydrogen-bond donors (Lipinski definition) is 3. The second kappa shape index (κ2) is 38.0. The average molecular weight is 682 g/mol. The number of rotatable bonds is 32. The molecule has 0 rings (SSSR count). The molecule has 46 heavy (non-hydrogen) atoms. The number of carbonyl (C=O) groups excluding carboxylic acids is 1. The average Bonchev–Trinajstić information content (AvgIpc) is 2.98. The van der Waals surface area contributed by atoms with Crippen molar-refractivity contribution in [2.75, 3.05) is 0 Å². The van der Waals surface area contributed by atoms with Crippen molar-refractivity contribution in [3.63, 3.8) is 0 Å². The molecule has 4 N–H and O–H groups in total. The van der Waals surface area contributed by atoms with E-state index in [0.717, 1.165) is 18.8 Å². The Morgan fingerprint density at radius 2 is 0.848 bits per heavy atom. The van der Waals surface area contributed by atoms with Crippen molar-refractivity contribution in [1.29, 1.82) is 0 Å². The molecular formula is C38H76NNaO5S. The van der Waals surface area contributed by atoms with Gasteiger partial charge in [0.1, 0.15) is 5.78 Å². The molecule has 0 aliphatic carbocycles. The first-order chi connectivity index (χ1) is 21.5. The summed E-state index contributed by atoms with van der Waals surface area (Å²) in [6, 6.07) is -0.364. The maximum atomic E-state index is 13.1. The number of unbranched alkanes of at least 4 members (excludes halogenated alkanes) is 23. The molecule has 0 aromatic carbocycles. The van der Waals surface area contributed by atoms with Gasteiger partial charge in [0.15, 0.2) is 0 Å². The zero-order valence-electron chi connectivity index (χ0n) is 31.2. The first-order valence-corrected chi connectivity index (χ1v) is 20.4. The van der Waals surface area contributed by atoms with Crippen molar-refractivity contribution in [3.8, 4) is 0 Å². The summed E-state index contributed by atoms with van der Waals surface area (Å²) in [5, 5.41) is 0. The van der Waals surface area contributed by atoms with Crippen LogP contribution in [0.4, 0.5) is 0 Å². The third kappa shape index (κ3) is 42.3. The van der Waals surface area contributed by atoms with Crippen molar-refractivity contribution < 1.29 is 51.9 Å². The molecule has 0 bridgehead atoms. The molecule has 0 aromatic heterocycles. The van der Waals surface area contributed by atoms with E-state index in [1.165, 1.54) is 167 Å². The predicted molar refractivity (Wildman–Crippen MR) is 195 cm³/mol. The van der Waals surface area contributed by atoms with Crippen LogP contribution < -0.4 is 35.3 Å². The maximum absolute atomic E-state index is 13.1. The second-order valence-electron chi connectivity index (χ2n) is 13.5. The molecule has 0 spiro atoms. The van der Waals surface area contributed by atoms with Gasteiger partial charge in [-0.25, -0.2) is 0 Å². The summed E-state index contributed by atoms with van der Waals surface area (Å²) in [5.41, 5.74) is 6.27. The van der Waals surface area contributed by atoms with Crippen LogP contribution in [0.5, 0.6) is 0 Å². The number of ketones is 1. The van der Waals surface area contributed by atoms with Gasteiger partial charge < -0.3 is 10.5 Å². The number of allylic oxidation sites excluding steroid dienone is 2. The number of Topliss-reactive ketones (excluding diaryl/α,β-unsaturated/α-hetero) is 1. The molecule has 0 amide bonds. The van der Waals surface area contributed by atoms with Crippen LogP contribution in [-0.2, 0) is 15.2 Å². The largest absolute Gasteiger partial charge is 1.00 e. The van der Waals surface area contributed by atoms with Gasteiger partial charge in [0.2, 0.25) is 0 Å². The first-order valence-electron chi connectivity index (χ1n) is 19.0. The standard InChI is InChI=1S/C38H74NO.Na.H2O4S/c1-5-7-9-11-13-15-17-19-20-21-22-24-26-28-30-32-34-36(38(40)37(39)35(3)4)33-31-29-27-25-23-18-16-14-12-10-8-6-2;;1-5(2,3)4/h19-20,36-37H,5-18,21-34,39H2,1-4H3;;(H2,1,2,3,4)/q-1;+1;/b20-19-;;. The van der Waals surface area contributed by atoms with E-state index in [9.17, 15) is 4.79 Å². The van der Waals surface area contributed by atoms with E-state index in [4.69, 9.17) is 23.3 Å². The van der Waals surface area contributed by atoms with Gasteiger partial charge in [-0.15, -0.1) is 0 Å². The molecule has 0 fully saturated rings. The fourth-order valence-electron chi connectivity index (χ4n) is 5.84. The fourth-order valence-corrected chi connectivity index (χ4v) is 5.84. The van der Waals surface area contributed by atoms with Crippen molar-refractivity contribution >= 4 is 16.2 Å². The van der Waals surface area contributed by atoms with E-state index in [0.29, 0.717) is 5.78 Å². The summed E-state index contributed by atoms with van der Waals surface area (Å²) in [7, 11) is -4.67. The number of nitrogens with two attached hydrogens (primary N) is 1. The SMILES string of the molecule is CCCCCCCC/C=C\CCCCCCCCC(CCCCCCCCCCCCCC)C(=O)C(N)[C-](C)C.O=S(=O)(O)O.[Na+]. The van der Waals surface area contributed by atoms with Crippen LogP contribution in [0.3, 0.4) is 0 Å². The van der Waals surface area contributed by atoms with Crippen molar-refractivity contribution in [2.45, 2.75) is 214 Å². The Morgan fingerprint density at radius 1 is 0.587 bits per heavy atom. The Bertz CT molecular complexity index is 752. The Hall–Kier alpha value is 0.240. The van der Waals surface area contributed by atoms with Gasteiger partial charge in [0.05, 0.1) is 0 Å². The predicted octanol–water partition coefficient (Wildman–Crippen LogP) is 8.98. The van der Waals surface area contributed by atoms with Gasteiger partial charge in [-0.3, -0.25) is 15.0 Å². The van der Waals surface area contributed by atoms with Crippen LogP contribution >= 0.6 is 0 Å². The summed E-state index contributed by atoms with van der Waals surface area (Å²) in [5.74, 6) is 1.53. The minimum Gasteiger partial charge on any atom is -0.350 e. The second-order valence-corrected chi connectivity index (χ2v) is 14.4. The third-order valence-electron chi connectivity index (χ3n) is 8.80. The van der Waals surface area contributed by atoms with Crippen LogP contribution in [0.15, 0.2) is 12.2 Å². The maximum Gasteiger partial charge on any atom is 1.00 e. The minimum atomic E-state index is -4.67. The van der Waals surface area contributed by atoms with Gasteiger partial charge in [0.25, 0.3) is 0 Å². The van der Waals surface area contributed by atoms with E-state index in [1.807, 2.05) is 13.8 Å². The molecule has 8 heteroatoms. The van der Waals surface area contributed by atoms with Crippen molar-refractivity contribution in [3.05, 3.63) is 18.1 Å². The van der Waals surface area contributed by atoms with Crippen molar-refractivity contribution in [2.24, 2.45) is 11.7 Å². The van der Waals surface area contributed by atoms with E-state index in [1.54, 1.807) is 0 Å². The quantitative estimate of drug-likeness (QED) is 0.0215. The molecule has 2 atom stereocenters. The number of carbonyl (C=O) groups is 1. The van der Waals surface area contributed by atoms with Crippen LogP contribution in [0, 0.1) is 11.8 Å². The van der Waals surface area contributed by atoms with Gasteiger partial charge >= 0.3 is 40.0 Å². The first kappa shape index (κ1) is 50.6. The Morgan fingerprint density at radius 3 is 1.13 bits per heavy atom. The molecule has 0 heterocycles. The monoisotopic (exact) mass is 682 g/mol. The smallest absolute Gasteiger partial charge is 0.350 e. The van der Waals surface area contributed by atoms with E-state index < -0.39 is 10.4 Å². The van der Waals surface area contributed by atoms with Crippen LogP contribution in [-0.4, -0.2) is 29.3 Å². The third-order valence-corrected chi connectivity index (χ3v) is 8.80. The van der Waals surface area contributed by atoms with Crippen LogP contribution in [0.25, 0.3) is 0 Å². The van der Waals surface area contributed by atoms with Gasteiger partial charge in [0, 0.05) is 5.92 Å². The molecule has 0 aliphatic rings. The Kier molecular flexibility index (Phi) is 41.9. The summed E-state index contributed by atoms with van der Waals surface area (Å²) in [6.45, 7) is 8.59.